The Labute approximate surface area is 186 Å². The van der Waals surface area contributed by atoms with Crippen LogP contribution in [0, 0.1) is 12.8 Å². The van der Waals surface area contributed by atoms with E-state index in [0.29, 0.717) is 42.1 Å². The fourth-order valence-electron chi connectivity index (χ4n) is 3.90. The maximum atomic E-state index is 13.1. The summed E-state index contributed by atoms with van der Waals surface area (Å²) in [5.74, 6) is -0.433. The summed E-state index contributed by atoms with van der Waals surface area (Å²) in [6.45, 7) is 4.25. The Balaban J connectivity index is 1.44. The highest BCUT2D eigenvalue weighted by atomic mass is 16.2. The van der Waals surface area contributed by atoms with Gasteiger partial charge in [0.25, 0.3) is 5.91 Å². The van der Waals surface area contributed by atoms with Crippen LogP contribution >= 0.6 is 0 Å². The maximum Gasteiger partial charge on any atom is 0.253 e. The quantitative estimate of drug-likeness (QED) is 0.603. The fourth-order valence-corrected chi connectivity index (χ4v) is 3.90. The van der Waals surface area contributed by atoms with Crippen molar-refractivity contribution in [1.29, 1.82) is 0 Å². The number of nitrogen functional groups attached to an aromatic ring is 1. The number of Topliss-reactive ketones (excluding diaryl/α,β-unsaturated/α-hetero) is 1. The van der Waals surface area contributed by atoms with Crippen LogP contribution < -0.4 is 11.1 Å². The molecular formula is C24H25N5O3. The van der Waals surface area contributed by atoms with Crippen LogP contribution in [0.1, 0.15) is 39.6 Å². The normalized spacial score (nSPS) is 15.6. The molecule has 1 aliphatic rings. The molecule has 0 bridgehead atoms. The molecule has 1 saturated heterocycles. The minimum absolute atomic E-state index is 0.0998. The van der Waals surface area contributed by atoms with Gasteiger partial charge in [-0.1, -0.05) is 17.7 Å². The molecule has 4 rings (SSSR count). The summed E-state index contributed by atoms with van der Waals surface area (Å²) in [7, 11) is 0. The summed E-state index contributed by atoms with van der Waals surface area (Å²) in [6, 6.07) is 14.4. The van der Waals surface area contributed by atoms with Crippen LogP contribution in [0.25, 0.3) is 5.69 Å². The second-order valence-corrected chi connectivity index (χ2v) is 8.05. The average molecular weight is 431 g/mol. The third-order valence-corrected chi connectivity index (χ3v) is 5.65. The number of amides is 2. The van der Waals surface area contributed by atoms with Gasteiger partial charge in [-0.15, -0.1) is 0 Å². The van der Waals surface area contributed by atoms with Crippen LogP contribution in [0.15, 0.2) is 54.7 Å². The van der Waals surface area contributed by atoms with E-state index in [1.165, 1.54) is 13.1 Å². The molecule has 3 N–H and O–H groups in total. The van der Waals surface area contributed by atoms with Crippen LogP contribution in [-0.2, 0) is 4.79 Å². The number of carbonyl (C=O) groups excluding carboxylic acids is 3. The number of anilines is 2. The number of nitrogens with two attached hydrogens (primary N) is 1. The summed E-state index contributed by atoms with van der Waals surface area (Å²) in [6.07, 6.45) is 2.08. The van der Waals surface area contributed by atoms with Gasteiger partial charge in [-0.3, -0.25) is 14.4 Å². The average Bonchev–Trinajstić information content (AvgIpc) is 3.41. The van der Waals surface area contributed by atoms with Gasteiger partial charge >= 0.3 is 0 Å². The Morgan fingerprint density at radius 3 is 2.41 bits per heavy atom. The fraction of sp³-hybridized carbons (Fsp3) is 0.250. The van der Waals surface area contributed by atoms with Crippen LogP contribution in [0.5, 0.6) is 0 Å². The Morgan fingerprint density at radius 2 is 1.75 bits per heavy atom. The van der Waals surface area contributed by atoms with Crippen molar-refractivity contribution in [3.63, 3.8) is 0 Å². The molecule has 0 aliphatic carbocycles. The summed E-state index contributed by atoms with van der Waals surface area (Å²) >= 11 is 0. The van der Waals surface area contributed by atoms with E-state index in [0.717, 1.165) is 11.3 Å². The number of aromatic nitrogens is 2. The van der Waals surface area contributed by atoms with E-state index < -0.39 is 0 Å². The van der Waals surface area contributed by atoms with E-state index in [1.54, 1.807) is 33.8 Å². The van der Waals surface area contributed by atoms with E-state index >= 15 is 0 Å². The first kappa shape index (κ1) is 21.3. The van der Waals surface area contributed by atoms with Crippen LogP contribution in [0.4, 0.5) is 11.5 Å². The number of likely N-dealkylation sites (tertiary alicyclic amines) is 1. The Hall–Kier alpha value is -3.94. The minimum Gasteiger partial charge on any atom is -0.383 e. The molecule has 2 aromatic carbocycles. The molecule has 8 heteroatoms. The molecule has 0 saturated carbocycles. The van der Waals surface area contributed by atoms with Gasteiger partial charge in [0.2, 0.25) is 5.91 Å². The van der Waals surface area contributed by atoms with Crippen LogP contribution in [-0.4, -0.2) is 45.4 Å². The van der Waals surface area contributed by atoms with Crippen LogP contribution in [0.3, 0.4) is 0 Å². The summed E-state index contributed by atoms with van der Waals surface area (Å²) in [4.78, 5) is 38.8. The SMILES string of the molecule is CC(=O)Nc1ccc(C(=O)N2CCC(C(=O)c3cnn(-c4ccc(C)cc4)c3N)C2)cc1. The third kappa shape index (κ3) is 4.25. The molecule has 8 nitrogen and oxygen atoms in total. The van der Waals surface area contributed by atoms with Gasteiger partial charge in [0.15, 0.2) is 5.78 Å². The Morgan fingerprint density at radius 1 is 1.06 bits per heavy atom. The van der Waals surface area contributed by atoms with Gasteiger partial charge in [0, 0.05) is 37.2 Å². The van der Waals surface area contributed by atoms with E-state index in [4.69, 9.17) is 5.73 Å². The number of ketones is 1. The second-order valence-electron chi connectivity index (χ2n) is 8.05. The van der Waals surface area contributed by atoms with Gasteiger partial charge in [-0.05, 0) is 49.7 Å². The van der Waals surface area contributed by atoms with Crippen molar-refractivity contribution in [2.45, 2.75) is 20.3 Å². The molecule has 1 atom stereocenters. The Kier molecular flexibility index (Phi) is 5.77. The van der Waals surface area contributed by atoms with Gasteiger partial charge in [0.1, 0.15) is 5.82 Å². The molecule has 2 amide bonds. The molecule has 1 fully saturated rings. The molecule has 1 unspecified atom stereocenters. The third-order valence-electron chi connectivity index (χ3n) is 5.65. The van der Waals surface area contributed by atoms with Gasteiger partial charge < -0.3 is 16.0 Å². The molecule has 0 radical (unpaired) electrons. The monoisotopic (exact) mass is 431 g/mol. The van der Waals surface area contributed by atoms with Crippen molar-refractivity contribution in [3.8, 4) is 5.69 Å². The summed E-state index contributed by atoms with van der Waals surface area (Å²) < 4.78 is 1.56. The first-order chi connectivity index (χ1) is 15.3. The van der Waals surface area contributed by atoms with E-state index in [2.05, 4.69) is 10.4 Å². The number of rotatable bonds is 5. The zero-order chi connectivity index (χ0) is 22.8. The number of carbonyl (C=O) groups is 3. The number of nitrogens with zero attached hydrogens (tertiary/aromatic N) is 3. The number of hydrogen-bond donors (Lipinski definition) is 2. The number of hydrogen-bond acceptors (Lipinski definition) is 5. The number of benzene rings is 2. The molecule has 2 heterocycles. The highest BCUT2D eigenvalue weighted by molar-refractivity contribution is 6.03. The first-order valence-electron chi connectivity index (χ1n) is 10.4. The highest BCUT2D eigenvalue weighted by Crippen LogP contribution is 2.26. The largest absolute Gasteiger partial charge is 0.383 e. The van der Waals surface area contributed by atoms with Crippen molar-refractivity contribution >= 4 is 29.1 Å². The predicted octanol–water partition coefficient (Wildman–Crippen LogP) is 3.07. The molecule has 164 valence electrons. The highest BCUT2D eigenvalue weighted by Gasteiger charge is 2.33. The summed E-state index contributed by atoms with van der Waals surface area (Å²) in [5.41, 5.74) is 9.68. The molecule has 32 heavy (non-hydrogen) atoms. The zero-order valence-corrected chi connectivity index (χ0v) is 18.0. The van der Waals surface area contributed by atoms with Crippen molar-refractivity contribution in [1.82, 2.24) is 14.7 Å². The lowest BCUT2D eigenvalue weighted by Gasteiger charge is -2.16. The van der Waals surface area contributed by atoms with Crippen molar-refractivity contribution in [3.05, 3.63) is 71.4 Å². The lowest BCUT2D eigenvalue weighted by atomic mass is 9.98. The molecular weight excluding hydrogens is 406 g/mol. The second kappa shape index (κ2) is 8.66. The van der Waals surface area contributed by atoms with Crippen LogP contribution in [0.2, 0.25) is 0 Å². The lowest BCUT2D eigenvalue weighted by Crippen LogP contribution is -2.30. The van der Waals surface area contributed by atoms with Gasteiger partial charge in [0.05, 0.1) is 17.4 Å². The Bertz CT molecular complexity index is 1170. The number of aryl methyl sites for hydroxylation is 1. The molecule has 0 spiro atoms. The predicted molar refractivity (Wildman–Crippen MR) is 122 cm³/mol. The van der Waals surface area contributed by atoms with Crippen molar-refractivity contribution in [2.24, 2.45) is 5.92 Å². The first-order valence-corrected chi connectivity index (χ1v) is 10.4. The standard InChI is InChI=1S/C24H25N5O3/c1-15-3-9-20(10-4-15)29-23(25)21(13-26-29)22(31)18-11-12-28(14-18)24(32)17-5-7-19(8-6-17)27-16(2)30/h3-10,13,18H,11-12,14,25H2,1-2H3,(H,27,30). The minimum atomic E-state index is -0.324. The lowest BCUT2D eigenvalue weighted by molar-refractivity contribution is -0.114. The van der Waals surface area contributed by atoms with Gasteiger partial charge in [-0.2, -0.15) is 5.10 Å². The smallest absolute Gasteiger partial charge is 0.253 e. The molecule has 3 aromatic rings. The summed E-state index contributed by atoms with van der Waals surface area (Å²) in [5, 5.41) is 6.97. The topological polar surface area (TPSA) is 110 Å². The zero-order valence-electron chi connectivity index (χ0n) is 18.0. The molecule has 1 aliphatic heterocycles. The van der Waals surface area contributed by atoms with E-state index in [1.807, 2.05) is 31.2 Å². The molecule has 1 aromatic heterocycles. The van der Waals surface area contributed by atoms with E-state index in [9.17, 15) is 14.4 Å². The van der Waals surface area contributed by atoms with Gasteiger partial charge in [-0.25, -0.2) is 4.68 Å². The van der Waals surface area contributed by atoms with Crippen molar-refractivity contribution in [2.75, 3.05) is 24.1 Å². The maximum absolute atomic E-state index is 13.1. The van der Waals surface area contributed by atoms with Crippen molar-refractivity contribution < 1.29 is 14.4 Å². The van der Waals surface area contributed by atoms with E-state index in [-0.39, 0.29) is 23.5 Å². The number of nitrogens with one attached hydrogen (secondary N) is 1.